The van der Waals surface area contributed by atoms with E-state index >= 15 is 0 Å². The van der Waals surface area contributed by atoms with Gasteiger partial charge in [0.05, 0.1) is 5.92 Å². The van der Waals surface area contributed by atoms with E-state index in [2.05, 4.69) is 40.6 Å². The number of hydrogen-bond donors (Lipinski definition) is 1. The molecular formula is C19H26N4OS. The molecule has 6 heteroatoms. The summed E-state index contributed by atoms with van der Waals surface area (Å²) in [6.45, 7) is 5.84. The summed E-state index contributed by atoms with van der Waals surface area (Å²) in [5.41, 5.74) is 1.22. The molecule has 0 unspecified atom stereocenters. The van der Waals surface area contributed by atoms with Crippen LogP contribution in [0.4, 0.5) is 5.13 Å². The van der Waals surface area contributed by atoms with E-state index in [4.69, 9.17) is 4.98 Å². The lowest BCUT2D eigenvalue weighted by Crippen LogP contribution is -2.45. The molecule has 1 N–H and O–H groups in total. The van der Waals surface area contributed by atoms with Gasteiger partial charge in [-0.15, -0.1) is 0 Å². The number of carbonyl (C=O) groups is 1. The largest absolute Gasteiger partial charge is 0.353 e. The Kier molecular flexibility index (Phi) is 6.02. The van der Waals surface area contributed by atoms with Crippen molar-refractivity contribution in [3.8, 4) is 0 Å². The number of amides is 1. The summed E-state index contributed by atoms with van der Waals surface area (Å²) in [5.74, 6) is 1.08. The summed E-state index contributed by atoms with van der Waals surface area (Å²) in [4.78, 5) is 19.3. The normalized spacial score (nSPS) is 18.8. The molecule has 0 aliphatic carbocycles. The van der Waals surface area contributed by atoms with Crippen LogP contribution < -0.4 is 10.2 Å². The zero-order valence-corrected chi connectivity index (χ0v) is 15.8. The lowest BCUT2D eigenvalue weighted by atomic mass is 9.97. The molecule has 1 aliphatic heterocycles. The lowest BCUT2D eigenvalue weighted by molar-refractivity contribution is -0.125. The van der Waals surface area contributed by atoms with E-state index in [0.717, 1.165) is 49.7 Å². The monoisotopic (exact) mass is 358 g/mol. The first-order chi connectivity index (χ1) is 12.2. The fraction of sp³-hybridized carbons (Fsp3) is 0.526. The second-order valence-corrected chi connectivity index (χ2v) is 7.49. The Morgan fingerprint density at radius 1 is 1.40 bits per heavy atom. The molecule has 1 aliphatic rings. The topological polar surface area (TPSA) is 58.1 Å². The van der Waals surface area contributed by atoms with Gasteiger partial charge in [-0.25, -0.2) is 4.98 Å². The highest BCUT2D eigenvalue weighted by Gasteiger charge is 2.28. The lowest BCUT2D eigenvalue weighted by Gasteiger charge is -2.32. The van der Waals surface area contributed by atoms with Crippen molar-refractivity contribution >= 4 is 22.6 Å². The standard InChI is InChI=1S/C19H26N4OS/c1-3-14(2)20-18(24)16-10-7-11-23(13-16)19-21-17(22-25-19)12-15-8-5-4-6-9-15/h4-6,8-9,14,16H,3,7,10-13H2,1-2H3,(H,20,24)/t14-,16+/m1/s1. The highest BCUT2D eigenvalue weighted by molar-refractivity contribution is 7.09. The Bertz CT molecular complexity index is 688. The summed E-state index contributed by atoms with van der Waals surface area (Å²) in [6.07, 6.45) is 3.69. The smallest absolute Gasteiger partial charge is 0.225 e. The molecule has 1 saturated heterocycles. The Morgan fingerprint density at radius 2 is 2.20 bits per heavy atom. The predicted molar refractivity (Wildman–Crippen MR) is 102 cm³/mol. The number of nitrogens with zero attached hydrogens (tertiary/aromatic N) is 3. The Balaban J connectivity index is 1.61. The van der Waals surface area contributed by atoms with Crippen molar-refractivity contribution in [2.45, 2.75) is 45.6 Å². The second-order valence-electron chi connectivity index (χ2n) is 6.76. The fourth-order valence-electron chi connectivity index (χ4n) is 3.05. The van der Waals surface area contributed by atoms with Crippen LogP contribution in [0.5, 0.6) is 0 Å². The van der Waals surface area contributed by atoms with Crippen LogP contribution in [0.1, 0.15) is 44.5 Å². The van der Waals surface area contributed by atoms with Gasteiger partial charge in [0.1, 0.15) is 5.82 Å². The molecule has 2 aromatic rings. The van der Waals surface area contributed by atoms with Gasteiger partial charge in [0.25, 0.3) is 0 Å². The van der Waals surface area contributed by atoms with Gasteiger partial charge in [-0.2, -0.15) is 4.37 Å². The molecule has 1 aromatic carbocycles. The minimum absolute atomic E-state index is 0.0456. The number of aromatic nitrogens is 2. The molecule has 1 fully saturated rings. The molecule has 1 amide bonds. The third kappa shape index (κ3) is 4.78. The average Bonchev–Trinajstić information content (AvgIpc) is 3.11. The van der Waals surface area contributed by atoms with E-state index in [-0.39, 0.29) is 17.9 Å². The average molecular weight is 359 g/mol. The zero-order chi connectivity index (χ0) is 17.6. The van der Waals surface area contributed by atoms with Gasteiger partial charge in [-0.3, -0.25) is 4.79 Å². The van der Waals surface area contributed by atoms with Crippen LogP contribution in [0.25, 0.3) is 0 Å². The summed E-state index contributed by atoms with van der Waals surface area (Å²) < 4.78 is 4.51. The fourth-order valence-corrected chi connectivity index (χ4v) is 3.77. The van der Waals surface area contributed by atoms with Crippen molar-refractivity contribution in [2.24, 2.45) is 5.92 Å². The molecule has 0 saturated carbocycles. The third-order valence-electron chi connectivity index (χ3n) is 4.73. The van der Waals surface area contributed by atoms with E-state index in [9.17, 15) is 4.79 Å². The maximum absolute atomic E-state index is 12.4. The Labute approximate surface area is 153 Å². The van der Waals surface area contributed by atoms with Gasteiger partial charge in [0.15, 0.2) is 0 Å². The molecule has 0 bridgehead atoms. The van der Waals surface area contributed by atoms with Crippen molar-refractivity contribution in [1.82, 2.24) is 14.7 Å². The Morgan fingerprint density at radius 3 is 2.96 bits per heavy atom. The van der Waals surface area contributed by atoms with Crippen molar-refractivity contribution in [1.29, 1.82) is 0 Å². The quantitative estimate of drug-likeness (QED) is 0.861. The number of anilines is 1. The number of benzene rings is 1. The minimum atomic E-state index is 0.0456. The maximum atomic E-state index is 12.4. The van der Waals surface area contributed by atoms with Crippen molar-refractivity contribution in [3.05, 3.63) is 41.7 Å². The SMILES string of the molecule is CC[C@@H](C)NC(=O)[C@H]1CCCN(c2nc(Cc3ccccc3)ns2)C1. The predicted octanol–water partition coefficient (Wildman–Crippen LogP) is 3.26. The van der Waals surface area contributed by atoms with Crippen LogP contribution in [0, 0.1) is 5.92 Å². The van der Waals surface area contributed by atoms with Crippen molar-refractivity contribution < 1.29 is 4.79 Å². The van der Waals surface area contributed by atoms with Crippen LogP contribution in [0.15, 0.2) is 30.3 Å². The van der Waals surface area contributed by atoms with Crippen molar-refractivity contribution in [2.75, 3.05) is 18.0 Å². The van der Waals surface area contributed by atoms with E-state index < -0.39 is 0 Å². The molecule has 2 atom stereocenters. The number of nitrogens with one attached hydrogen (secondary N) is 1. The Hall–Kier alpha value is -1.95. The highest BCUT2D eigenvalue weighted by Crippen LogP contribution is 2.25. The molecule has 134 valence electrons. The van der Waals surface area contributed by atoms with E-state index in [1.54, 1.807) is 0 Å². The summed E-state index contributed by atoms with van der Waals surface area (Å²) in [6, 6.07) is 10.5. The summed E-state index contributed by atoms with van der Waals surface area (Å²) >= 11 is 1.44. The van der Waals surface area contributed by atoms with Crippen LogP contribution in [0.2, 0.25) is 0 Å². The maximum Gasteiger partial charge on any atom is 0.225 e. The first-order valence-corrected chi connectivity index (χ1v) is 9.85. The zero-order valence-electron chi connectivity index (χ0n) is 14.9. The molecule has 0 radical (unpaired) electrons. The highest BCUT2D eigenvalue weighted by atomic mass is 32.1. The van der Waals surface area contributed by atoms with E-state index in [1.807, 2.05) is 18.2 Å². The molecule has 1 aromatic heterocycles. The van der Waals surface area contributed by atoms with Crippen LogP contribution in [0.3, 0.4) is 0 Å². The number of carbonyl (C=O) groups excluding carboxylic acids is 1. The number of rotatable bonds is 6. The minimum Gasteiger partial charge on any atom is -0.353 e. The molecule has 3 rings (SSSR count). The first kappa shape index (κ1) is 17.9. The van der Waals surface area contributed by atoms with E-state index in [0.29, 0.717) is 0 Å². The van der Waals surface area contributed by atoms with Crippen LogP contribution in [-0.2, 0) is 11.2 Å². The van der Waals surface area contributed by atoms with Crippen molar-refractivity contribution in [3.63, 3.8) is 0 Å². The number of hydrogen-bond acceptors (Lipinski definition) is 5. The first-order valence-electron chi connectivity index (χ1n) is 9.07. The molecular weight excluding hydrogens is 332 g/mol. The van der Waals surface area contributed by atoms with Gasteiger partial charge in [-0.1, -0.05) is 37.3 Å². The molecule has 0 spiro atoms. The second kappa shape index (κ2) is 8.43. The number of piperidine rings is 1. The summed E-state index contributed by atoms with van der Waals surface area (Å²) in [5, 5.41) is 4.05. The molecule has 5 nitrogen and oxygen atoms in total. The third-order valence-corrected chi connectivity index (χ3v) is 5.54. The van der Waals surface area contributed by atoms with Gasteiger partial charge in [0.2, 0.25) is 11.0 Å². The van der Waals surface area contributed by atoms with Gasteiger partial charge >= 0.3 is 0 Å². The summed E-state index contributed by atoms with van der Waals surface area (Å²) in [7, 11) is 0. The van der Waals surface area contributed by atoms with Gasteiger partial charge in [-0.05, 0) is 31.7 Å². The van der Waals surface area contributed by atoms with Gasteiger partial charge in [0, 0.05) is 37.1 Å². The van der Waals surface area contributed by atoms with Crippen LogP contribution in [-0.4, -0.2) is 34.4 Å². The van der Waals surface area contributed by atoms with Gasteiger partial charge < -0.3 is 10.2 Å². The van der Waals surface area contributed by atoms with E-state index in [1.165, 1.54) is 17.1 Å². The van der Waals surface area contributed by atoms with Crippen LogP contribution >= 0.6 is 11.5 Å². The molecule has 2 heterocycles. The molecule has 25 heavy (non-hydrogen) atoms.